The van der Waals surface area contributed by atoms with Gasteiger partial charge in [-0.25, -0.2) is 17.5 Å². The molecule has 0 aliphatic carbocycles. The molecule has 0 saturated carbocycles. The van der Waals surface area contributed by atoms with Gasteiger partial charge >= 0.3 is 0 Å². The summed E-state index contributed by atoms with van der Waals surface area (Å²) in [4.78, 5) is 0.0988. The average Bonchev–Trinajstić information content (AvgIpc) is 2.82. The van der Waals surface area contributed by atoms with Crippen LogP contribution in [-0.4, -0.2) is 27.5 Å². The molecule has 1 fully saturated rings. The molecule has 0 amide bonds. The quantitative estimate of drug-likeness (QED) is 0.863. The molecule has 1 saturated heterocycles. The second kappa shape index (κ2) is 5.34. The lowest BCUT2D eigenvalue weighted by Gasteiger charge is -2.19. The number of benzene rings is 1. The first-order chi connectivity index (χ1) is 8.49. The van der Waals surface area contributed by atoms with Gasteiger partial charge in [0.05, 0.1) is 4.90 Å². The molecule has 1 aromatic rings. The first kappa shape index (κ1) is 13.5. The molecule has 1 aliphatic heterocycles. The number of rotatable bonds is 4. The molecule has 2 rings (SSSR count). The van der Waals surface area contributed by atoms with Crippen LogP contribution < -0.4 is 10.0 Å². The van der Waals surface area contributed by atoms with E-state index in [1.54, 1.807) is 0 Å². The van der Waals surface area contributed by atoms with Crippen LogP contribution in [0.3, 0.4) is 0 Å². The third kappa shape index (κ3) is 3.07. The molecular weight excluding hydrogens is 255 g/mol. The van der Waals surface area contributed by atoms with Gasteiger partial charge < -0.3 is 5.32 Å². The van der Waals surface area contributed by atoms with Gasteiger partial charge in [-0.3, -0.25) is 0 Å². The summed E-state index contributed by atoms with van der Waals surface area (Å²) >= 11 is 0. The van der Waals surface area contributed by atoms with Crippen molar-refractivity contribution in [3.05, 3.63) is 30.1 Å². The van der Waals surface area contributed by atoms with Crippen LogP contribution in [0.5, 0.6) is 0 Å². The van der Waals surface area contributed by atoms with E-state index < -0.39 is 15.8 Å². The molecule has 6 heteroatoms. The van der Waals surface area contributed by atoms with Gasteiger partial charge in [0.2, 0.25) is 10.0 Å². The first-order valence-corrected chi connectivity index (χ1v) is 7.46. The van der Waals surface area contributed by atoms with E-state index in [-0.39, 0.29) is 10.9 Å². The molecule has 0 bridgehead atoms. The van der Waals surface area contributed by atoms with Crippen molar-refractivity contribution in [2.75, 3.05) is 13.1 Å². The largest absolute Gasteiger partial charge is 0.316 e. The molecule has 18 heavy (non-hydrogen) atoms. The number of hydrogen-bond acceptors (Lipinski definition) is 3. The van der Waals surface area contributed by atoms with E-state index in [9.17, 15) is 12.8 Å². The highest BCUT2D eigenvalue weighted by molar-refractivity contribution is 7.89. The van der Waals surface area contributed by atoms with Crippen LogP contribution in [-0.2, 0) is 10.0 Å². The topological polar surface area (TPSA) is 58.2 Å². The van der Waals surface area contributed by atoms with E-state index in [2.05, 4.69) is 10.0 Å². The highest BCUT2D eigenvalue weighted by atomic mass is 32.2. The lowest BCUT2D eigenvalue weighted by Crippen LogP contribution is -2.38. The van der Waals surface area contributed by atoms with Crippen molar-refractivity contribution in [3.63, 3.8) is 0 Å². The van der Waals surface area contributed by atoms with Crippen LogP contribution in [0.2, 0.25) is 0 Å². The predicted molar refractivity (Wildman–Crippen MR) is 67.2 cm³/mol. The zero-order valence-electron chi connectivity index (χ0n) is 10.2. The summed E-state index contributed by atoms with van der Waals surface area (Å²) in [5, 5.41) is 3.20. The van der Waals surface area contributed by atoms with Gasteiger partial charge in [0, 0.05) is 6.04 Å². The SMILES string of the molecule is CC(NS(=O)(=O)c1ccc(F)cc1)C1CCNC1. The highest BCUT2D eigenvalue weighted by Crippen LogP contribution is 2.16. The van der Waals surface area contributed by atoms with Crippen molar-refractivity contribution in [2.24, 2.45) is 5.92 Å². The normalized spacial score (nSPS) is 22.0. The minimum absolute atomic E-state index is 0.0988. The smallest absolute Gasteiger partial charge is 0.240 e. The zero-order chi connectivity index (χ0) is 13.2. The number of halogens is 1. The Morgan fingerprint density at radius 2 is 2.06 bits per heavy atom. The Bertz CT molecular complexity index is 495. The minimum atomic E-state index is -3.56. The Labute approximate surface area is 107 Å². The van der Waals surface area contributed by atoms with E-state index in [1.165, 1.54) is 12.1 Å². The lowest BCUT2D eigenvalue weighted by atomic mass is 10.0. The standard InChI is InChI=1S/C12H17FN2O2S/c1-9(10-6-7-14-8-10)15-18(16,17)12-4-2-11(13)3-5-12/h2-5,9-10,14-15H,6-8H2,1H3. The molecule has 100 valence electrons. The van der Waals surface area contributed by atoms with E-state index >= 15 is 0 Å². The van der Waals surface area contributed by atoms with Crippen molar-refractivity contribution in [3.8, 4) is 0 Å². The van der Waals surface area contributed by atoms with Gasteiger partial charge in [-0.2, -0.15) is 0 Å². The molecule has 1 aromatic carbocycles. The van der Waals surface area contributed by atoms with Gasteiger partial charge in [-0.15, -0.1) is 0 Å². The fourth-order valence-corrected chi connectivity index (χ4v) is 3.44. The van der Waals surface area contributed by atoms with Crippen molar-refractivity contribution < 1.29 is 12.8 Å². The van der Waals surface area contributed by atoms with Crippen LogP contribution in [0.15, 0.2) is 29.2 Å². The van der Waals surface area contributed by atoms with E-state index in [4.69, 9.17) is 0 Å². The van der Waals surface area contributed by atoms with Gasteiger partial charge in [0.25, 0.3) is 0 Å². The molecule has 0 spiro atoms. The molecular formula is C12H17FN2O2S. The monoisotopic (exact) mass is 272 g/mol. The second-order valence-corrected chi connectivity index (χ2v) is 6.33. The number of sulfonamides is 1. The van der Waals surface area contributed by atoms with Gasteiger partial charge in [-0.1, -0.05) is 0 Å². The summed E-state index contributed by atoms with van der Waals surface area (Å²) in [6.45, 7) is 3.61. The van der Waals surface area contributed by atoms with Crippen molar-refractivity contribution in [2.45, 2.75) is 24.3 Å². The molecule has 1 aliphatic rings. The summed E-state index contributed by atoms with van der Waals surface area (Å²) < 4.78 is 39.5. The Kier molecular flexibility index (Phi) is 3.99. The van der Waals surface area contributed by atoms with Crippen molar-refractivity contribution in [1.29, 1.82) is 0 Å². The predicted octanol–water partition coefficient (Wildman–Crippen LogP) is 1.10. The van der Waals surface area contributed by atoms with Crippen LogP contribution in [0.25, 0.3) is 0 Å². The minimum Gasteiger partial charge on any atom is -0.316 e. The number of hydrogen-bond donors (Lipinski definition) is 2. The third-order valence-electron chi connectivity index (χ3n) is 3.27. The summed E-state index contributed by atoms with van der Waals surface area (Å²) in [7, 11) is -3.56. The van der Waals surface area contributed by atoms with Gasteiger partial charge in [-0.05, 0) is 56.6 Å². The molecule has 2 atom stereocenters. The van der Waals surface area contributed by atoms with Crippen molar-refractivity contribution >= 4 is 10.0 Å². The maximum Gasteiger partial charge on any atom is 0.240 e. The van der Waals surface area contributed by atoms with Gasteiger partial charge in [0.15, 0.2) is 0 Å². The van der Waals surface area contributed by atoms with E-state index in [0.717, 1.165) is 31.6 Å². The van der Waals surface area contributed by atoms with Gasteiger partial charge in [0.1, 0.15) is 5.82 Å². The first-order valence-electron chi connectivity index (χ1n) is 5.97. The van der Waals surface area contributed by atoms with Crippen LogP contribution >= 0.6 is 0 Å². The van der Waals surface area contributed by atoms with E-state index in [0.29, 0.717) is 5.92 Å². The zero-order valence-corrected chi connectivity index (χ0v) is 11.0. The van der Waals surface area contributed by atoms with Crippen LogP contribution in [0.1, 0.15) is 13.3 Å². The van der Waals surface area contributed by atoms with Crippen LogP contribution in [0, 0.1) is 11.7 Å². The second-order valence-electron chi connectivity index (χ2n) is 4.62. The van der Waals surface area contributed by atoms with E-state index in [1.807, 2.05) is 6.92 Å². The number of nitrogens with one attached hydrogen (secondary N) is 2. The Morgan fingerprint density at radius 1 is 1.39 bits per heavy atom. The summed E-state index contributed by atoms with van der Waals surface area (Å²) in [5.74, 6) is -0.137. The maximum atomic E-state index is 12.8. The molecule has 0 aromatic heterocycles. The Morgan fingerprint density at radius 3 is 2.61 bits per heavy atom. The molecule has 4 nitrogen and oxygen atoms in total. The Hall–Kier alpha value is -0.980. The summed E-state index contributed by atoms with van der Waals surface area (Å²) in [6.07, 6.45) is 0.965. The highest BCUT2D eigenvalue weighted by Gasteiger charge is 2.25. The van der Waals surface area contributed by atoms with Crippen molar-refractivity contribution in [1.82, 2.24) is 10.0 Å². The molecule has 0 radical (unpaired) electrons. The fraction of sp³-hybridized carbons (Fsp3) is 0.500. The summed E-state index contributed by atoms with van der Waals surface area (Å²) in [6, 6.07) is 4.72. The lowest BCUT2D eigenvalue weighted by molar-refractivity contribution is 0.444. The maximum absolute atomic E-state index is 12.8. The Balaban J connectivity index is 2.09. The average molecular weight is 272 g/mol. The molecule has 1 heterocycles. The third-order valence-corrected chi connectivity index (χ3v) is 4.85. The fourth-order valence-electron chi connectivity index (χ4n) is 2.13. The summed E-state index contributed by atoms with van der Waals surface area (Å²) in [5.41, 5.74) is 0. The molecule has 2 unspecified atom stereocenters. The molecule has 2 N–H and O–H groups in total. The van der Waals surface area contributed by atoms with Crippen LogP contribution in [0.4, 0.5) is 4.39 Å².